The number of amides is 1. The van der Waals surface area contributed by atoms with Crippen molar-refractivity contribution in [1.82, 2.24) is 4.90 Å². The molecule has 0 bridgehead atoms. The first kappa shape index (κ1) is 15.4. The van der Waals surface area contributed by atoms with E-state index < -0.39 is 0 Å². The van der Waals surface area contributed by atoms with Crippen molar-refractivity contribution in [3.05, 3.63) is 41.5 Å². The van der Waals surface area contributed by atoms with Gasteiger partial charge >= 0.3 is 6.09 Å². The molecule has 21 heavy (non-hydrogen) atoms. The van der Waals surface area contributed by atoms with Gasteiger partial charge in [-0.25, -0.2) is 4.79 Å². The summed E-state index contributed by atoms with van der Waals surface area (Å²) < 4.78 is 5.04. The summed E-state index contributed by atoms with van der Waals surface area (Å²) in [4.78, 5) is 13.5. The van der Waals surface area contributed by atoms with Crippen molar-refractivity contribution in [3.63, 3.8) is 0 Å². The average Bonchev–Trinajstić information content (AvgIpc) is 2.48. The summed E-state index contributed by atoms with van der Waals surface area (Å²) in [7, 11) is 0. The van der Waals surface area contributed by atoms with Crippen molar-refractivity contribution >= 4 is 11.8 Å². The Labute approximate surface area is 126 Å². The van der Waals surface area contributed by atoms with Gasteiger partial charge in [0.25, 0.3) is 0 Å². The lowest BCUT2D eigenvalue weighted by Crippen LogP contribution is -2.37. The highest BCUT2D eigenvalue weighted by Crippen LogP contribution is 2.35. The third kappa shape index (κ3) is 3.38. The highest BCUT2D eigenvalue weighted by molar-refractivity contribution is 5.68. The molecule has 0 atom stereocenters. The van der Waals surface area contributed by atoms with E-state index in [0.29, 0.717) is 19.7 Å². The second kappa shape index (κ2) is 6.20. The number of nitrogens with two attached hydrogens (primary N) is 1. The molecule has 1 heterocycles. The third-order valence-corrected chi connectivity index (χ3v) is 4.17. The van der Waals surface area contributed by atoms with Crippen LogP contribution in [0.4, 0.5) is 10.5 Å². The van der Waals surface area contributed by atoms with Gasteiger partial charge in [0, 0.05) is 24.2 Å². The van der Waals surface area contributed by atoms with Gasteiger partial charge < -0.3 is 15.4 Å². The Hall–Kier alpha value is -1.97. The van der Waals surface area contributed by atoms with E-state index in [1.807, 2.05) is 19.1 Å². The molecule has 4 nitrogen and oxygen atoms in total. The fourth-order valence-corrected chi connectivity index (χ4v) is 2.70. The molecule has 2 rings (SSSR count). The topological polar surface area (TPSA) is 55.6 Å². The van der Waals surface area contributed by atoms with Crippen molar-refractivity contribution in [3.8, 4) is 0 Å². The number of benzene rings is 1. The third-order valence-electron chi connectivity index (χ3n) is 4.17. The Morgan fingerprint density at radius 2 is 2.00 bits per heavy atom. The number of carbonyl (C=O) groups is 1. The molecule has 0 radical (unpaired) electrons. The fraction of sp³-hybridized carbons (Fsp3) is 0.471. The number of rotatable bonds is 3. The number of carbonyl (C=O) groups excluding carboxylic acids is 1. The first-order valence-corrected chi connectivity index (χ1v) is 7.42. The maximum Gasteiger partial charge on any atom is 0.410 e. The first-order chi connectivity index (χ1) is 9.95. The van der Waals surface area contributed by atoms with E-state index in [2.05, 4.69) is 32.1 Å². The van der Waals surface area contributed by atoms with Crippen LogP contribution in [-0.4, -0.2) is 30.7 Å². The van der Waals surface area contributed by atoms with E-state index in [4.69, 9.17) is 10.5 Å². The Bertz CT molecular complexity index is 532. The fourth-order valence-electron chi connectivity index (χ4n) is 2.70. The quantitative estimate of drug-likeness (QED) is 0.685. The van der Waals surface area contributed by atoms with Gasteiger partial charge in [-0.1, -0.05) is 37.6 Å². The van der Waals surface area contributed by atoms with Crippen molar-refractivity contribution < 1.29 is 9.53 Å². The standard InChI is InChI=1S/C17H24N2O2/c1-4-21-16(20)19-11-9-14(10-12-19)17(2,3)13-5-7-15(18)8-6-13/h5-9H,4,10-12,18H2,1-3H3. The molecular weight excluding hydrogens is 264 g/mol. The molecule has 4 heteroatoms. The average molecular weight is 288 g/mol. The Kier molecular flexibility index (Phi) is 4.56. The normalized spacial score (nSPS) is 15.6. The molecule has 0 fully saturated rings. The van der Waals surface area contributed by atoms with Crippen molar-refractivity contribution in [2.24, 2.45) is 0 Å². The summed E-state index contributed by atoms with van der Waals surface area (Å²) in [6.07, 6.45) is 2.80. The number of anilines is 1. The number of ether oxygens (including phenoxy) is 1. The maximum absolute atomic E-state index is 11.7. The number of hydrogen-bond acceptors (Lipinski definition) is 3. The van der Waals surface area contributed by atoms with Gasteiger partial charge in [0.1, 0.15) is 0 Å². The molecule has 1 aromatic rings. The van der Waals surface area contributed by atoms with Crippen LogP contribution in [0.25, 0.3) is 0 Å². The molecule has 0 unspecified atom stereocenters. The second-order valence-electron chi connectivity index (χ2n) is 5.87. The van der Waals surface area contributed by atoms with E-state index in [0.717, 1.165) is 12.1 Å². The molecule has 0 aromatic heterocycles. The molecule has 0 saturated heterocycles. The molecular formula is C17H24N2O2. The summed E-state index contributed by atoms with van der Waals surface area (Å²) in [5, 5.41) is 0. The first-order valence-electron chi connectivity index (χ1n) is 7.42. The SMILES string of the molecule is CCOC(=O)N1CC=C(C(C)(C)c2ccc(N)cc2)CC1. The van der Waals surface area contributed by atoms with Gasteiger partial charge in [-0.2, -0.15) is 0 Å². The summed E-state index contributed by atoms with van der Waals surface area (Å²) in [5.74, 6) is 0. The summed E-state index contributed by atoms with van der Waals surface area (Å²) in [5.41, 5.74) is 9.08. The van der Waals surface area contributed by atoms with Crippen molar-refractivity contribution in [2.45, 2.75) is 32.6 Å². The Morgan fingerprint density at radius 3 is 2.52 bits per heavy atom. The Morgan fingerprint density at radius 1 is 1.33 bits per heavy atom. The van der Waals surface area contributed by atoms with E-state index >= 15 is 0 Å². The predicted molar refractivity (Wildman–Crippen MR) is 85.2 cm³/mol. The minimum atomic E-state index is -0.224. The minimum absolute atomic E-state index is 0.0472. The minimum Gasteiger partial charge on any atom is -0.450 e. The second-order valence-corrected chi connectivity index (χ2v) is 5.87. The van der Waals surface area contributed by atoms with Crippen molar-refractivity contribution in [2.75, 3.05) is 25.4 Å². The lowest BCUT2D eigenvalue weighted by atomic mass is 9.75. The number of nitrogens with zero attached hydrogens (tertiary/aromatic N) is 1. The number of hydrogen-bond donors (Lipinski definition) is 1. The van der Waals surface area contributed by atoms with Crippen LogP contribution in [0.5, 0.6) is 0 Å². The highest BCUT2D eigenvalue weighted by Gasteiger charge is 2.29. The van der Waals surface area contributed by atoms with Crippen LogP contribution in [0.1, 0.15) is 32.8 Å². The zero-order valence-corrected chi connectivity index (χ0v) is 13.1. The highest BCUT2D eigenvalue weighted by atomic mass is 16.6. The molecule has 114 valence electrons. The summed E-state index contributed by atoms with van der Waals surface area (Å²) in [6.45, 7) is 8.00. The van der Waals surface area contributed by atoms with E-state index in [-0.39, 0.29) is 11.5 Å². The van der Waals surface area contributed by atoms with Gasteiger partial charge in [-0.3, -0.25) is 0 Å². The predicted octanol–water partition coefficient (Wildman–Crippen LogP) is 3.34. The molecule has 1 aliphatic rings. The molecule has 2 N–H and O–H groups in total. The molecule has 0 aliphatic carbocycles. The van der Waals surface area contributed by atoms with Crippen LogP contribution in [-0.2, 0) is 10.2 Å². The Balaban J connectivity index is 2.11. The molecule has 0 saturated carbocycles. The molecule has 1 aliphatic heterocycles. The molecule has 1 amide bonds. The van der Waals surface area contributed by atoms with Crippen LogP contribution in [0.3, 0.4) is 0 Å². The van der Waals surface area contributed by atoms with Gasteiger partial charge in [0.05, 0.1) is 6.61 Å². The van der Waals surface area contributed by atoms with Crippen LogP contribution in [0.15, 0.2) is 35.9 Å². The molecule has 1 aromatic carbocycles. The van der Waals surface area contributed by atoms with E-state index in [1.165, 1.54) is 11.1 Å². The van der Waals surface area contributed by atoms with Crippen molar-refractivity contribution in [1.29, 1.82) is 0 Å². The van der Waals surface area contributed by atoms with E-state index in [9.17, 15) is 4.79 Å². The van der Waals surface area contributed by atoms with Gasteiger partial charge in [0.15, 0.2) is 0 Å². The monoisotopic (exact) mass is 288 g/mol. The maximum atomic E-state index is 11.7. The van der Waals surface area contributed by atoms with E-state index in [1.54, 1.807) is 4.90 Å². The molecule has 0 spiro atoms. The van der Waals surface area contributed by atoms with Gasteiger partial charge in [-0.15, -0.1) is 0 Å². The lowest BCUT2D eigenvalue weighted by molar-refractivity contribution is 0.109. The van der Waals surface area contributed by atoms with Gasteiger partial charge in [-0.05, 0) is 31.0 Å². The van der Waals surface area contributed by atoms with Crippen LogP contribution in [0.2, 0.25) is 0 Å². The zero-order valence-electron chi connectivity index (χ0n) is 13.1. The smallest absolute Gasteiger partial charge is 0.410 e. The zero-order chi connectivity index (χ0) is 15.5. The van der Waals surface area contributed by atoms with Gasteiger partial charge in [0.2, 0.25) is 0 Å². The van der Waals surface area contributed by atoms with Crippen LogP contribution < -0.4 is 5.73 Å². The summed E-state index contributed by atoms with van der Waals surface area (Å²) >= 11 is 0. The summed E-state index contributed by atoms with van der Waals surface area (Å²) in [6, 6.07) is 8.03. The number of nitrogen functional groups attached to an aromatic ring is 1. The largest absolute Gasteiger partial charge is 0.450 e. The lowest BCUT2D eigenvalue weighted by Gasteiger charge is -2.34. The van der Waals surface area contributed by atoms with Crippen LogP contribution in [0, 0.1) is 0 Å². The van der Waals surface area contributed by atoms with Crippen LogP contribution >= 0.6 is 0 Å².